The quantitative estimate of drug-likeness (QED) is 0.183. The van der Waals surface area contributed by atoms with Gasteiger partial charge in [-0.2, -0.15) is 0 Å². The second kappa shape index (κ2) is 18.3. The predicted octanol–water partition coefficient (Wildman–Crippen LogP) is 6.59. The Morgan fingerprint density at radius 2 is 1.27 bits per heavy atom. The van der Waals surface area contributed by atoms with Gasteiger partial charge in [0.2, 0.25) is 0 Å². The summed E-state index contributed by atoms with van der Waals surface area (Å²) in [7, 11) is 0. The minimum absolute atomic E-state index is 0.0359. The van der Waals surface area contributed by atoms with E-state index in [1.54, 1.807) is 0 Å². The Balaban J connectivity index is 3.08. The van der Waals surface area contributed by atoms with Gasteiger partial charge in [0.15, 0.2) is 0 Å². The van der Waals surface area contributed by atoms with Crippen molar-refractivity contribution in [3.8, 4) is 0 Å². The molecule has 0 unspecified atom stereocenters. The Hall–Kier alpha value is -0.790. The molecule has 0 rings (SSSR count). The van der Waals surface area contributed by atoms with Crippen molar-refractivity contribution in [2.45, 2.75) is 104 Å². The molecule has 2 nitrogen and oxygen atoms in total. The van der Waals surface area contributed by atoms with Crippen LogP contribution >= 0.6 is 0 Å². The molecular formula is C20H38O2. The maximum Gasteiger partial charge on any atom is 0.305 e. The Kier molecular flexibility index (Phi) is 17.6. The number of rotatable bonds is 16. The smallest absolute Gasteiger partial charge is 0.305 e. The summed E-state index contributed by atoms with van der Waals surface area (Å²) in [6.45, 7) is 4.86. The van der Waals surface area contributed by atoms with Crippen LogP contribution in [0, 0.1) is 0 Å². The van der Waals surface area contributed by atoms with Crippen LogP contribution in [0.15, 0.2) is 12.2 Å². The summed E-state index contributed by atoms with van der Waals surface area (Å²) in [6, 6.07) is 0. The minimum Gasteiger partial charge on any atom is -0.466 e. The number of ether oxygens (including phenoxy) is 1. The van der Waals surface area contributed by atoms with E-state index in [0.29, 0.717) is 13.0 Å². The summed E-state index contributed by atoms with van der Waals surface area (Å²) in [5.74, 6) is -0.0359. The van der Waals surface area contributed by atoms with Crippen molar-refractivity contribution in [1.82, 2.24) is 0 Å². The lowest BCUT2D eigenvalue weighted by molar-refractivity contribution is -0.143. The van der Waals surface area contributed by atoms with Gasteiger partial charge >= 0.3 is 5.97 Å². The van der Waals surface area contributed by atoms with Crippen molar-refractivity contribution >= 4 is 5.97 Å². The number of hydrogen-bond donors (Lipinski definition) is 0. The van der Waals surface area contributed by atoms with Crippen LogP contribution in [0.5, 0.6) is 0 Å². The summed E-state index contributed by atoms with van der Waals surface area (Å²) >= 11 is 0. The van der Waals surface area contributed by atoms with Crippen molar-refractivity contribution in [3.05, 3.63) is 12.2 Å². The lowest BCUT2D eigenvalue weighted by Gasteiger charge is -2.04. The van der Waals surface area contributed by atoms with Crippen LogP contribution in [0.4, 0.5) is 0 Å². The monoisotopic (exact) mass is 310 g/mol. The molecule has 0 aromatic carbocycles. The van der Waals surface area contributed by atoms with Gasteiger partial charge in [-0.1, -0.05) is 77.4 Å². The third kappa shape index (κ3) is 17.3. The fourth-order valence-corrected chi connectivity index (χ4v) is 2.44. The van der Waals surface area contributed by atoms with E-state index in [9.17, 15) is 4.79 Å². The fourth-order valence-electron chi connectivity index (χ4n) is 2.44. The Morgan fingerprint density at radius 3 is 1.86 bits per heavy atom. The molecule has 0 radical (unpaired) electrons. The van der Waals surface area contributed by atoms with Crippen LogP contribution in [0.1, 0.15) is 104 Å². The van der Waals surface area contributed by atoms with Crippen molar-refractivity contribution in [2.24, 2.45) is 0 Å². The lowest BCUT2D eigenvalue weighted by Crippen LogP contribution is -2.04. The van der Waals surface area contributed by atoms with E-state index in [-0.39, 0.29) is 5.97 Å². The van der Waals surface area contributed by atoms with Gasteiger partial charge in [-0.15, -0.1) is 0 Å². The summed E-state index contributed by atoms with van der Waals surface area (Å²) < 4.78 is 5.14. The highest BCUT2D eigenvalue weighted by molar-refractivity contribution is 5.69. The van der Waals surface area contributed by atoms with Crippen LogP contribution in [-0.4, -0.2) is 12.6 Å². The van der Waals surface area contributed by atoms with Crippen LogP contribution in [0.25, 0.3) is 0 Å². The van der Waals surface area contributed by atoms with E-state index in [1.165, 1.54) is 70.6 Å². The molecule has 0 amide bonds. The number of hydrogen-bond acceptors (Lipinski definition) is 2. The number of carbonyl (C=O) groups excluding carboxylic acids is 1. The van der Waals surface area contributed by atoms with Crippen LogP contribution < -0.4 is 0 Å². The summed E-state index contributed by atoms with van der Waals surface area (Å²) in [5, 5.41) is 0. The zero-order valence-corrected chi connectivity index (χ0v) is 15.1. The van der Waals surface area contributed by atoms with Gasteiger partial charge in [-0.3, -0.25) is 4.79 Å². The van der Waals surface area contributed by atoms with Gasteiger partial charge in [0.25, 0.3) is 0 Å². The molecule has 0 saturated carbocycles. The molecule has 0 heterocycles. The molecule has 130 valence electrons. The topological polar surface area (TPSA) is 26.3 Å². The number of esters is 1. The first kappa shape index (κ1) is 21.2. The lowest BCUT2D eigenvalue weighted by atomic mass is 10.1. The highest BCUT2D eigenvalue weighted by Gasteiger charge is 1.99. The summed E-state index contributed by atoms with van der Waals surface area (Å²) in [4.78, 5) is 11.1. The first-order valence-electron chi connectivity index (χ1n) is 9.61. The van der Waals surface area contributed by atoms with Gasteiger partial charge in [0, 0.05) is 6.42 Å². The van der Waals surface area contributed by atoms with Crippen molar-refractivity contribution in [1.29, 1.82) is 0 Å². The molecule has 0 atom stereocenters. The highest BCUT2D eigenvalue weighted by atomic mass is 16.5. The number of unbranched alkanes of at least 4 members (excludes halogenated alkanes) is 10. The van der Waals surface area contributed by atoms with Crippen LogP contribution in [0.3, 0.4) is 0 Å². The van der Waals surface area contributed by atoms with Gasteiger partial charge in [0.1, 0.15) is 0 Å². The average Bonchev–Trinajstić information content (AvgIpc) is 2.51. The van der Waals surface area contributed by atoms with Crippen molar-refractivity contribution in [3.63, 3.8) is 0 Å². The molecule has 0 aliphatic carbocycles. The molecule has 0 spiro atoms. The van der Waals surface area contributed by atoms with E-state index < -0.39 is 0 Å². The first-order valence-corrected chi connectivity index (χ1v) is 9.61. The molecule has 0 aliphatic rings. The average molecular weight is 311 g/mol. The fraction of sp³-hybridized carbons (Fsp3) is 0.850. The highest BCUT2D eigenvalue weighted by Crippen LogP contribution is 2.10. The predicted molar refractivity (Wildman–Crippen MR) is 96.1 cm³/mol. The summed E-state index contributed by atoms with van der Waals surface area (Å²) in [6.07, 6.45) is 21.5. The normalized spacial score (nSPS) is 11.2. The van der Waals surface area contributed by atoms with Crippen LogP contribution in [-0.2, 0) is 9.53 Å². The minimum atomic E-state index is -0.0359. The van der Waals surface area contributed by atoms with Crippen molar-refractivity contribution < 1.29 is 9.53 Å². The van der Waals surface area contributed by atoms with E-state index in [0.717, 1.165) is 12.8 Å². The third-order valence-electron chi connectivity index (χ3n) is 3.87. The molecular weight excluding hydrogens is 272 g/mol. The van der Waals surface area contributed by atoms with Gasteiger partial charge in [-0.05, 0) is 32.1 Å². The molecule has 22 heavy (non-hydrogen) atoms. The summed E-state index contributed by atoms with van der Waals surface area (Å²) in [5.41, 5.74) is 0. The second-order valence-corrected chi connectivity index (χ2v) is 6.20. The Morgan fingerprint density at radius 1 is 0.727 bits per heavy atom. The largest absolute Gasteiger partial charge is 0.466 e. The zero-order valence-electron chi connectivity index (χ0n) is 15.1. The van der Waals surface area contributed by atoms with Gasteiger partial charge < -0.3 is 4.74 Å². The van der Waals surface area contributed by atoms with Crippen molar-refractivity contribution in [2.75, 3.05) is 6.61 Å². The Labute approximate surface area is 138 Å². The Bertz CT molecular complexity index is 258. The second-order valence-electron chi connectivity index (χ2n) is 6.20. The molecule has 2 heteroatoms. The number of carbonyl (C=O) groups is 1. The molecule has 0 fully saturated rings. The third-order valence-corrected chi connectivity index (χ3v) is 3.87. The van der Waals surface area contributed by atoms with Gasteiger partial charge in [-0.25, -0.2) is 0 Å². The molecule has 0 saturated heterocycles. The van der Waals surface area contributed by atoms with E-state index in [2.05, 4.69) is 19.1 Å². The van der Waals surface area contributed by atoms with E-state index in [1.807, 2.05) is 6.92 Å². The standard InChI is InChI=1S/C20H38O2/c1-3-5-6-7-8-9-10-11-12-13-14-15-16-17-19-22-20(21)18-4-2/h7-8H,3-6,9-19H2,1-2H3/b8-7-. The van der Waals surface area contributed by atoms with Crippen LogP contribution in [0.2, 0.25) is 0 Å². The molecule has 0 N–H and O–H groups in total. The maximum atomic E-state index is 11.1. The van der Waals surface area contributed by atoms with E-state index >= 15 is 0 Å². The number of allylic oxidation sites excluding steroid dienone is 2. The first-order chi connectivity index (χ1) is 10.8. The molecule has 0 bridgehead atoms. The maximum absolute atomic E-state index is 11.1. The van der Waals surface area contributed by atoms with Gasteiger partial charge in [0.05, 0.1) is 6.61 Å². The molecule has 0 aromatic rings. The molecule has 0 aliphatic heterocycles. The molecule has 0 aromatic heterocycles. The zero-order chi connectivity index (χ0) is 16.3. The SMILES string of the molecule is CCCC/C=C\CCCCCCCCCCOC(=O)CCC. The van der Waals surface area contributed by atoms with E-state index in [4.69, 9.17) is 4.74 Å².